The first kappa shape index (κ1) is 14.2. The number of halogens is 1. The summed E-state index contributed by atoms with van der Waals surface area (Å²) in [6, 6.07) is 0. The monoisotopic (exact) mass is 268 g/mol. The standard InChI is InChI=1S/C10H21ClN2O2S/c1-10-5-4-8-13(9-10)16(14,15)12-7-3-2-6-11/h10,12H,2-9H2,1H3. The predicted octanol–water partition coefficient (Wildman–Crippen LogP) is 1.57. The van der Waals surface area contributed by atoms with Crippen molar-refractivity contribution in [2.24, 2.45) is 5.92 Å². The second-order valence-electron chi connectivity index (χ2n) is 4.40. The van der Waals surface area contributed by atoms with E-state index in [-0.39, 0.29) is 0 Å². The fourth-order valence-corrected chi connectivity index (χ4v) is 3.47. The molecule has 1 heterocycles. The van der Waals surface area contributed by atoms with Gasteiger partial charge in [-0.15, -0.1) is 11.6 Å². The molecule has 1 saturated heterocycles. The number of rotatable bonds is 6. The summed E-state index contributed by atoms with van der Waals surface area (Å²) in [7, 11) is -3.26. The van der Waals surface area contributed by atoms with Crippen LogP contribution in [0.15, 0.2) is 0 Å². The lowest BCUT2D eigenvalue weighted by Gasteiger charge is -2.29. The quantitative estimate of drug-likeness (QED) is 0.587. The molecule has 0 aromatic heterocycles. The number of alkyl halides is 1. The molecule has 1 rings (SSSR count). The lowest BCUT2D eigenvalue weighted by Crippen LogP contribution is -2.45. The van der Waals surface area contributed by atoms with Crippen LogP contribution in [-0.2, 0) is 10.2 Å². The highest BCUT2D eigenvalue weighted by Crippen LogP contribution is 2.17. The number of hydrogen-bond acceptors (Lipinski definition) is 2. The van der Waals surface area contributed by atoms with E-state index in [2.05, 4.69) is 11.6 Å². The zero-order chi connectivity index (χ0) is 12.0. The SMILES string of the molecule is CC1CCCN(S(=O)(=O)NCCCCCl)C1. The van der Waals surface area contributed by atoms with Crippen LogP contribution in [0.5, 0.6) is 0 Å². The molecule has 0 spiro atoms. The van der Waals surface area contributed by atoms with Crippen LogP contribution in [-0.4, -0.2) is 38.2 Å². The van der Waals surface area contributed by atoms with Gasteiger partial charge >= 0.3 is 0 Å². The maximum absolute atomic E-state index is 11.9. The number of nitrogens with one attached hydrogen (secondary N) is 1. The molecule has 0 aliphatic carbocycles. The lowest BCUT2D eigenvalue weighted by atomic mass is 10.0. The summed E-state index contributed by atoms with van der Waals surface area (Å²) in [5.41, 5.74) is 0. The van der Waals surface area contributed by atoms with Gasteiger partial charge in [-0.2, -0.15) is 12.7 Å². The normalized spacial score (nSPS) is 23.5. The molecule has 1 aliphatic heterocycles. The van der Waals surface area contributed by atoms with Crippen LogP contribution >= 0.6 is 11.6 Å². The molecule has 1 fully saturated rings. The summed E-state index contributed by atoms with van der Waals surface area (Å²) < 4.78 is 27.9. The van der Waals surface area contributed by atoms with Crippen LogP contribution in [0.4, 0.5) is 0 Å². The summed E-state index contributed by atoms with van der Waals surface area (Å²) in [5, 5.41) is 0. The minimum Gasteiger partial charge on any atom is -0.202 e. The van der Waals surface area contributed by atoms with Gasteiger partial charge in [-0.3, -0.25) is 0 Å². The fourth-order valence-electron chi connectivity index (χ4n) is 1.88. The van der Waals surface area contributed by atoms with Crippen molar-refractivity contribution < 1.29 is 8.42 Å². The zero-order valence-corrected chi connectivity index (χ0v) is 11.4. The van der Waals surface area contributed by atoms with E-state index in [9.17, 15) is 8.42 Å². The van der Waals surface area contributed by atoms with Crippen LogP contribution in [0.2, 0.25) is 0 Å². The Morgan fingerprint density at radius 3 is 2.81 bits per heavy atom. The molecule has 0 saturated carbocycles. The van der Waals surface area contributed by atoms with Gasteiger partial charge in [0.25, 0.3) is 10.2 Å². The Morgan fingerprint density at radius 2 is 2.19 bits per heavy atom. The Hall–Kier alpha value is 0.160. The molecule has 0 amide bonds. The zero-order valence-electron chi connectivity index (χ0n) is 9.78. The summed E-state index contributed by atoms with van der Waals surface area (Å²) in [5.74, 6) is 1.05. The molecule has 16 heavy (non-hydrogen) atoms. The van der Waals surface area contributed by atoms with E-state index in [1.54, 1.807) is 4.31 Å². The summed E-state index contributed by atoms with van der Waals surface area (Å²) >= 11 is 5.53. The Balaban J connectivity index is 2.37. The number of hydrogen-bond donors (Lipinski definition) is 1. The molecule has 0 aromatic rings. The average Bonchev–Trinajstić information content (AvgIpc) is 2.24. The van der Waals surface area contributed by atoms with Gasteiger partial charge in [-0.05, 0) is 31.6 Å². The molecule has 1 N–H and O–H groups in total. The van der Waals surface area contributed by atoms with Crippen molar-refractivity contribution >= 4 is 21.8 Å². The van der Waals surface area contributed by atoms with Crippen molar-refractivity contribution in [1.29, 1.82) is 0 Å². The van der Waals surface area contributed by atoms with E-state index < -0.39 is 10.2 Å². The van der Waals surface area contributed by atoms with Crippen molar-refractivity contribution in [2.45, 2.75) is 32.6 Å². The molecular formula is C10H21ClN2O2S. The smallest absolute Gasteiger partial charge is 0.202 e. The van der Waals surface area contributed by atoms with Crippen LogP contribution in [0, 0.1) is 5.92 Å². The maximum Gasteiger partial charge on any atom is 0.279 e. The molecular weight excluding hydrogens is 248 g/mol. The van der Waals surface area contributed by atoms with Gasteiger partial charge < -0.3 is 0 Å². The largest absolute Gasteiger partial charge is 0.279 e. The molecule has 0 radical (unpaired) electrons. The van der Waals surface area contributed by atoms with Crippen molar-refractivity contribution in [3.63, 3.8) is 0 Å². The van der Waals surface area contributed by atoms with Crippen molar-refractivity contribution in [2.75, 3.05) is 25.5 Å². The topological polar surface area (TPSA) is 49.4 Å². The first-order valence-corrected chi connectivity index (χ1v) is 7.84. The molecule has 0 aromatic carbocycles. The van der Waals surface area contributed by atoms with Gasteiger partial charge in [0.2, 0.25) is 0 Å². The van der Waals surface area contributed by atoms with Crippen molar-refractivity contribution in [1.82, 2.24) is 9.03 Å². The van der Waals surface area contributed by atoms with Crippen LogP contribution in [0.25, 0.3) is 0 Å². The van der Waals surface area contributed by atoms with Gasteiger partial charge in [0, 0.05) is 25.5 Å². The highest BCUT2D eigenvalue weighted by molar-refractivity contribution is 7.87. The lowest BCUT2D eigenvalue weighted by molar-refractivity contribution is 0.278. The van der Waals surface area contributed by atoms with E-state index in [4.69, 9.17) is 11.6 Å². The molecule has 96 valence electrons. The van der Waals surface area contributed by atoms with E-state index in [1.165, 1.54) is 0 Å². The second-order valence-corrected chi connectivity index (χ2v) is 6.53. The van der Waals surface area contributed by atoms with Gasteiger partial charge in [0.05, 0.1) is 0 Å². The minimum absolute atomic E-state index is 0.466. The van der Waals surface area contributed by atoms with Crippen LogP contribution in [0.1, 0.15) is 32.6 Å². The molecule has 1 aliphatic rings. The Morgan fingerprint density at radius 1 is 1.44 bits per heavy atom. The minimum atomic E-state index is -3.26. The van der Waals surface area contributed by atoms with E-state index in [1.807, 2.05) is 0 Å². The Kier molecular flexibility index (Phi) is 6.03. The fraction of sp³-hybridized carbons (Fsp3) is 1.00. The third-order valence-electron chi connectivity index (χ3n) is 2.80. The van der Waals surface area contributed by atoms with Gasteiger partial charge in [-0.1, -0.05) is 6.92 Å². The molecule has 0 bridgehead atoms. The Bertz CT molecular complexity index is 295. The first-order chi connectivity index (χ1) is 7.56. The predicted molar refractivity (Wildman–Crippen MR) is 66.8 cm³/mol. The Labute approximate surface area is 104 Å². The molecule has 1 atom stereocenters. The molecule has 6 heteroatoms. The third kappa shape index (κ3) is 4.57. The van der Waals surface area contributed by atoms with Crippen molar-refractivity contribution in [3.05, 3.63) is 0 Å². The van der Waals surface area contributed by atoms with E-state index in [0.717, 1.165) is 25.7 Å². The number of nitrogens with zero attached hydrogens (tertiary/aromatic N) is 1. The van der Waals surface area contributed by atoms with Gasteiger partial charge in [-0.25, -0.2) is 4.72 Å². The van der Waals surface area contributed by atoms with Gasteiger partial charge in [0.1, 0.15) is 0 Å². The highest BCUT2D eigenvalue weighted by atomic mass is 35.5. The van der Waals surface area contributed by atoms with Crippen molar-refractivity contribution in [3.8, 4) is 0 Å². The molecule has 1 unspecified atom stereocenters. The third-order valence-corrected chi connectivity index (χ3v) is 4.65. The molecule has 4 nitrogen and oxygen atoms in total. The second kappa shape index (κ2) is 6.79. The van der Waals surface area contributed by atoms with E-state index in [0.29, 0.717) is 31.4 Å². The van der Waals surface area contributed by atoms with Gasteiger partial charge in [0.15, 0.2) is 0 Å². The van der Waals surface area contributed by atoms with Crippen LogP contribution in [0.3, 0.4) is 0 Å². The van der Waals surface area contributed by atoms with Crippen LogP contribution < -0.4 is 4.72 Å². The number of piperidine rings is 1. The summed E-state index contributed by atoms with van der Waals surface area (Å²) in [6.45, 7) is 3.87. The average molecular weight is 269 g/mol. The first-order valence-electron chi connectivity index (χ1n) is 5.87. The highest BCUT2D eigenvalue weighted by Gasteiger charge is 2.26. The summed E-state index contributed by atoms with van der Waals surface area (Å²) in [4.78, 5) is 0. The number of unbranched alkanes of at least 4 members (excludes halogenated alkanes) is 1. The summed E-state index contributed by atoms with van der Waals surface area (Å²) in [6.07, 6.45) is 3.73. The van der Waals surface area contributed by atoms with E-state index >= 15 is 0 Å². The maximum atomic E-state index is 11.9.